The van der Waals surface area contributed by atoms with E-state index in [-0.39, 0.29) is 12.4 Å². The van der Waals surface area contributed by atoms with E-state index in [0.29, 0.717) is 0 Å². The normalized spacial score (nSPS) is 7.86. The fraction of sp³-hybridized carbons (Fsp3) is 0.500. The average molecular weight is 165 g/mol. The van der Waals surface area contributed by atoms with Crippen LogP contribution in [-0.2, 0) is 4.79 Å². The van der Waals surface area contributed by atoms with Gasteiger partial charge in [0.1, 0.15) is 0 Å². The Labute approximate surface area is 56.8 Å². The molecule has 0 aliphatic heterocycles. The summed E-state index contributed by atoms with van der Waals surface area (Å²) in [4.78, 5) is 8.15. The summed E-state index contributed by atoms with van der Waals surface area (Å²) < 4.78 is 0. The van der Waals surface area contributed by atoms with Gasteiger partial charge in [-0.05, 0) is 0 Å². The van der Waals surface area contributed by atoms with E-state index in [2.05, 4.69) is 0 Å². The molecule has 0 amide bonds. The highest BCUT2D eigenvalue weighted by Gasteiger charge is 2.05. The minimum Gasteiger partial charge on any atom is -0.479 e. The standard InChI is InChI=1S/C2H2Cl2O2.ClH/c3-1(4)2(5)6;/h1H,(H,5,6);1H. The molecule has 0 aliphatic rings. The van der Waals surface area contributed by atoms with Crippen molar-refractivity contribution in [2.45, 2.75) is 4.84 Å². The van der Waals surface area contributed by atoms with Crippen molar-refractivity contribution in [2.24, 2.45) is 0 Å². The summed E-state index contributed by atoms with van der Waals surface area (Å²) in [6.45, 7) is 0. The minimum absolute atomic E-state index is 0. The molecule has 2 nitrogen and oxygen atoms in total. The molecule has 0 bridgehead atoms. The zero-order valence-electron chi connectivity index (χ0n) is 3.10. The van der Waals surface area contributed by atoms with Crippen LogP contribution in [0, 0.1) is 0 Å². The van der Waals surface area contributed by atoms with Crippen LogP contribution in [0.4, 0.5) is 0 Å². The summed E-state index contributed by atoms with van der Waals surface area (Å²) in [5, 5.41) is 7.73. The summed E-state index contributed by atoms with van der Waals surface area (Å²) in [5.74, 6) is -1.21. The molecule has 0 aliphatic carbocycles. The quantitative estimate of drug-likeness (QED) is 0.595. The first kappa shape index (κ1) is 10.3. The first-order valence-electron chi connectivity index (χ1n) is 1.15. The summed E-state index contributed by atoms with van der Waals surface area (Å²) in [5.41, 5.74) is 0. The number of hydrogen-bond donors (Lipinski definition) is 1. The summed E-state index contributed by atoms with van der Waals surface area (Å²) in [6.07, 6.45) is 0. The Balaban J connectivity index is 0. The molecule has 0 saturated carbocycles. The number of halogens is 3. The van der Waals surface area contributed by atoms with Crippen LogP contribution >= 0.6 is 35.6 Å². The Kier molecular flexibility index (Phi) is 6.65. The lowest BCUT2D eigenvalue weighted by molar-refractivity contribution is -0.135. The van der Waals surface area contributed by atoms with Gasteiger partial charge in [-0.2, -0.15) is 0 Å². The fourth-order valence-corrected chi connectivity index (χ4v) is 0. The Hall–Kier alpha value is 0.340. The van der Waals surface area contributed by atoms with Gasteiger partial charge in [-0.15, -0.1) is 12.4 Å². The van der Waals surface area contributed by atoms with Gasteiger partial charge in [0.2, 0.25) is 4.84 Å². The van der Waals surface area contributed by atoms with E-state index in [4.69, 9.17) is 28.3 Å². The molecular formula is C2H3Cl3O2. The molecule has 0 rings (SSSR count). The maximum Gasteiger partial charge on any atom is 0.337 e. The molecule has 0 unspecified atom stereocenters. The number of rotatable bonds is 1. The molecule has 0 atom stereocenters. The van der Waals surface area contributed by atoms with Gasteiger partial charge < -0.3 is 5.11 Å². The maximum atomic E-state index is 9.44. The van der Waals surface area contributed by atoms with E-state index >= 15 is 0 Å². The topological polar surface area (TPSA) is 37.3 Å². The average Bonchev–Trinajstić information content (AvgIpc) is 1.36. The number of carboxylic acid groups (broad SMARTS) is 1. The molecule has 1 N–H and O–H groups in total. The second kappa shape index (κ2) is 4.50. The van der Waals surface area contributed by atoms with Crippen LogP contribution < -0.4 is 0 Å². The van der Waals surface area contributed by atoms with Crippen molar-refractivity contribution in [1.29, 1.82) is 0 Å². The Morgan fingerprint density at radius 3 is 1.71 bits per heavy atom. The van der Waals surface area contributed by atoms with Crippen LogP contribution in [0.3, 0.4) is 0 Å². The van der Waals surface area contributed by atoms with E-state index in [1.807, 2.05) is 0 Å². The first-order valence-corrected chi connectivity index (χ1v) is 2.03. The molecule has 0 aromatic rings. The van der Waals surface area contributed by atoms with E-state index in [9.17, 15) is 4.79 Å². The van der Waals surface area contributed by atoms with Crippen LogP contribution in [0.15, 0.2) is 0 Å². The second-order valence-corrected chi connectivity index (χ2v) is 1.74. The van der Waals surface area contributed by atoms with E-state index in [0.717, 1.165) is 0 Å². The lowest BCUT2D eigenvalue weighted by Crippen LogP contribution is -2.03. The van der Waals surface area contributed by atoms with Gasteiger partial charge >= 0.3 is 5.97 Å². The van der Waals surface area contributed by atoms with Crippen molar-refractivity contribution in [2.75, 3.05) is 0 Å². The van der Waals surface area contributed by atoms with Gasteiger partial charge in [-0.3, -0.25) is 0 Å². The van der Waals surface area contributed by atoms with Crippen LogP contribution in [0.2, 0.25) is 0 Å². The molecule has 7 heavy (non-hydrogen) atoms. The number of carboxylic acids is 1. The van der Waals surface area contributed by atoms with Gasteiger partial charge in [-0.25, -0.2) is 4.79 Å². The third-order valence-corrected chi connectivity index (χ3v) is 0.560. The summed E-state index contributed by atoms with van der Waals surface area (Å²) in [7, 11) is 0. The van der Waals surface area contributed by atoms with Crippen molar-refractivity contribution < 1.29 is 9.90 Å². The molecular weight excluding hydrogens is 162 g/mol. The molecule has 5 heteroatoms. The van der Waals surface area contributed by atoms with Crippen LogP contribution in [0.5, 0.6) is 0 Å². The maximum absolute atomic E-state index is 9.44. The highest BCUT2D eigenvalue weighted by molar-refractivity contribution is 6.52. The van der Waals surface area contributed by atoms with E-state index in [1.165, 1.54) is 0 Å². The zero-order valence-corrected chi connectivity index (χ0v) is 5.43. The zero-order chi connectivity index (χ0) is 5.15. The highest BCUT2D eigenvalue weighted by atomic mass is 35.5. The third kappa shape index (κ3) is 6.34. The molecule has 0 fully saturated rings. The Morgan fingerprint density at radius 1 is 1.57 bits per heavy atom. The lowest BCUT2D eigenvalue weighted by atomic mass is 10.8. The molecule has 0 heterocycles. The van der Waals surface area contributed by atoms with Crippen molar-refractivity contribution >= 4 is 41.6 Å². The SMILES string of the molecule is Cl.O=C(O)C(Cl)Cl. The van der Waals surface area contributed by atoms with Gasteiger partial charge in [0.25, 0.3) is 0 Å². The molecule has 0 aromatic carbocycles. The van der Waals surface area contributed by atoms with E-state index < -0.39 is 10.8 Å². The molecule has 0 saturated heterocycles. The second-order valence-electron chi connectivity index (χ2n) is 0.639. The predicted octanol–water partition coefficient (Wildman–Crippen LogP) is 1.30. The van der Waals surface area contributed by atoms with Crippen molar-refractivity contribution in [1.82, 2.24) is 0 Å². The van der Waals surface area contributed by atoms with Crippen molar-refractivity contribution in [3.63, 3.8) is 0 Å². The van der Waals surface area contributed by atoms with E-state index in [1.54, 1.807) is 0 Å². The smallest absolute Gasteiger partial charge is 0.337 e. The third-order valence-electron chi connectivity index (χ3n) is 0.187. The van der Waals surface area contributed by atoms with Crippen molar-refractivity contribution in [3.05, 3.63) is 0 Å². The van der Waals surface area contributed by atoms with Crippen LogP contribution in [0.1, 0.15) is 0 Å². The van der Waals surface area contributed by atoms with Gasteiger partial charge in [0, 0.05) is 0 Å². The Morgan fingerprint density at radius 2 is 1.71 bits per heavy atom. The molecule has 44 valence electrons. The minimum atomic E-state index is -1.29. The van der Waals surface area contributed by atoms with Gasteiger partial charge in [-0.1, -0.05) is 23.2 Å². The summed E-state index contributed by atoms with van der Waals surface area (Å²) in [6, 6.07) is 0. The van der Waals surface area contributed by atoms with Crippen LogP contribution in [-0.4, -0.2) is 15.9 Å². The fourth-order valence-electron chi connectivity index (χ4n) is 0. The number of carbonyl (C=O) groups is 1. The Bertz CT molecular complexity index is 62.0. The molecule has 0 radical (unpaired) electrons. The molecule has 0 spiro atoms. The summed E-state index contributed by atoms with van der Waals surface area (Å²) >= 11 is 9.56. The van der Waals surface area contributed by atoms with Crippen molar-refractivity contribution in [3.8, 4) is 0 Å². The monoisotopic (exact) mass is 164 g/mol. The first-order chi connectivity index (χ1) is 2.64. The number of hydrogen-bond acceptors (Lipinski definition) is 1. The van der Waals surface area contributed by atoms with Gasteiger partial charge in [0.15, 0.2) is 0 Å². The predicted molar refractivity (Wildman–Crippen MR) is 30.4 cm³/mol. The highest BCUT2D eigenvalue weighted by Crippen LogP contribution is 1.98. The van der Waals surface area contributed by atoms with Gasteiger partial charge in [0.05, 0.1) is 0 Å². The largest absolute Gasteiger partial charge is 0.479 e. The number of alkyl halides is 2. The van der Waals surface area contributed by atoms with Crippen LogP contribution in [0.25, 0.3) is 0 Å². The molecule has 0 aromatic heterocycles. The lowest BCUT2D eigenvalue weighted by Gasteiger charge is -1.84. The number of aliphatic carboxylic acids is 1.